The lowest BCUT2D eigenvalue weighted by Crippen LogP contribution is -2.14. The smallest absolute Gasteiger partial charge is 0.0601 e. The minimum atomic E-state index is 1.06. The van der Waals surface area contributed by atoms with Crippen molar-refractivity contribution in [2.75, 3.05) is 4.90 Å². The number of para-hydroxylation sites is 2. The van der Waals surface area contributed by atoms with Gasteiger partial charge >= 0.3 is 0 Å². The van der Waals surface area contributed by atoms with Crippen LogP contribution in [0.25, 0.3) is 0 Å². The molecule has 0 aliphatic carbocycles. The lowest BCUT2D eigenvalue weighted by molar-refractivity contribution is 1.16. The highest BCUT2D eigenvalue weighted by atomic mass is 79.9. The highest BCUT2D eigenvalue weighted by Gasteiger charge is 2.24. The van der Waals surface area contributed by atoms with Crippen molar-refractivity contribution in [3.05, 3.63) is 75.7 Å². The van der Waals surface area contributed by atoms with Gasteiger partial charge in [0, 0.05) is 24.4 Å². The molecule has 0 amide bonds. The van der Waals surface area contributed by atoms with Gasteiger partial charge in [0.2, 0.25) is 0 Å². The van der Waals surface area contributed by atoms with Crippen molar-refractivity contribution >= 4 is 60.7 Å². The lowest BCUT2D eigenvalue weighted by atomic mass is 10.2. The molecule has 1 heterocycles. The topological polar surface area (TPSA) is 3.24 Å². The number of fused-ring (bicyclic) bond motifs is 2. The van der Waals surface area contributed by atoms with Gasteiger partial charge in [0.15, 0.2) is 0 Å². The van der Waals surface area contributed by atoms with E-state index in [0.717, 1.165) is 14.6 Å². The zero-order chi connectivity index (χ0) is 15.1. The number of rotatable bonds is 1. The maximum Gasteiger partial charge on any atom is 0.0601 e. The minimum Gasteiger partial charge on any atom is -0.308 e. The Kier molecular flexibility index (Phi) is 3.76. The van der Waals surface area contributed by atoms with Crippen molar-refractivity contribution in [3.63, 3.8) is 0 Å². The van der Waals surface area contributed by atoms with Gasteiger partial charge in [-0.2, -0.15) is 0 Å². The normalized spacial score (nSPS) is 12.7. The summed E-state index contributed by atoms with van der Waals surface area (Å²) >= 11 is 9.02. The van der Waals surface area contributed by atoms with E-state index in [1.807, 2.05) is 11.8 Å². The Morgan fingerprint density at radius 2 is 1.18 bits per heavy atom. The Hall–Kier alpha value is -1.23. The van der Waals surface area contributed by atoms with E-state index in [1.165, 1.54) is 21.2 Å². The minimum absolute atomic E-state index is 1.06. The molecular formula is C18H11Br2NS. The van der Waals surface area contributed by atoms with Gasteiger partial charge in [-0.25, -0.2) is 0 Å². The summed E-state index contributed by atoms with van der Waals surface area (Å²) in [6, 6.07) is 23.4. The third-order valence-corrected chi connectivity index (χ3v) is 5.58. The Labute approximate surface area is 150 Å². The highest BCUT2D eigenvalue weighted by molar-refractivity contribution is 9.11. The monoisotopic (exact) mass is 431 g/mol. The summed E-state index contributed by atoms with van der Waals surface area (Å²) in [5.74, 6) is 0. The molecule has 0 N–H and O–H groups in total. The summed E-state index contributed by atoms with van der Waals surface area (Å²) in [7, 11) is 0. The number of anilines is 3. The molecule has 1 nitrogen and oxygen atoms in total. The van der Waals surface area contributed by atoms with Crippen LogP contribution in [0.1, 0.15) is 0 Å². The van der Waals surface area contributed by atoms with Crippen molar-refractivity contribution in [2.24, 2.45) is 0 Å². The molecular weight excluding hydrogens is 422 g/mol. The predicted molar refractivity (Wildman–Crippen MR) is 101 cm³/mol. The first-order valence-electron chi connectivity index (χ1n) is 6.84. The van der Waals surface area contributed by atoms with Crippen LogP contribution in [0.5, 0.6) is 0 Å². The SMILES string of the molecule is Brc1cc(Br)cc(N2c3ccccc3Sc3ccccc32)c1. The molecule has 4 heteroatoms. The molecule has 3 aromatic rings. The van der Waals surface area contributed by atoms with E-state index in [0.29, 0.717) is 0 Å². The van der Waals surface area contributed by atoms with Gasteiger partial charge in [0.05, 0.1) is 11.4 Å². The summed E-state index contributed by atoms with van der Waals surface area (Å²) in [5, 5.41) is 0. The van der Waals surface area contributed by atoms with Crippen LogP contribution in [-0.4, -0.2) is 0 Å². The van der Waals surface area contributed by atoms with Crippen molar-refractivity contribution in [3.8, 4) is 0 Å². The molecule has 1 aliphatic rings. The second-order valence-electron chi connectivity index (χ2n) is 5.00. The van der Waals surface area contributed by atoms with Crippen molar-refractivity contribution in [1.29, 1.82) is 0 Å². The second-order valence-corrected chi connectivity index (χ2v) is 7.92. The first kappa shape index (κ1) is 14.4. The summed E-state index contributed by atoms with van der Waals surface area (Å²) in [5.41, 5.74) is 3.58. The van der Waals surface area contributed by atoms with Crippen LogP contribution in [0.15, 0.2) is 85.5 Å². The highest BCUT2D eigenvalue weighted by Crippen LogP contribution is 2.51. The maximum absolute atomic E-state index is 3.60. The number of hydrogen-bond donors (Lipinski definition) is 0. The fourth-order valence-corrected chi connectivity index (χ4v) is 4.98. The van der Waals surface area contributed by atoms with Gasteiger partial charge in [-0.15, -0.1) is 0 Å². The summed E-state index contributed by atoms with van der Waals surface area (Å²) in [4.78, 5) is 4.87. The average molecular weight is 433 g/mol. The largest absolute Gasteiger partial charge is 0.308 e. The summed E-state index contributed by atoms with van der Waals surface area (Å²) in [6.07, 6.45) is 0. The van der Waals surface area contributed by atoms with Crippen LogP contribution < -0.4 is 4.90 Å². The second kappa shape index (κ2) is 5.76. The molecule has 0 spiro atoms. The molecule has 0 bridgehead atoms. The first-order chi connectivity index (χ1) is 10.7. The van der Waals surface area contributed by atoms with Crippen LogP contribution in [0.3, 0.4) is 0 Å². The van der Waals surface area contributed by atoms with Crippen molar-refractivity contribution in [2.45, 2.75) is 9.79 Å². The quantitative estimate of drug-likeness (QED) is 0.314. The number of benzene rings is 3. The van der Waals surface area contributed by atoms with Gasteiger partial charge < -0.3 is 4.90 Å². The lowest BCUT2D eigenvalue weighted by Gasteiger charge is -2.33. The number of halogens is 2. The van der Waals surface area contributed by atoms with Gasteiger partial charge in [-0.3, -0.25) is 0 Å². The Morgan fingerprint density at radius 3 is 1.73 bits per heavy atom. The van der Waals surface area contributed by atoms with E-state index >= 15 is 0 Å². The standard InChI is InChI=1S/C18H11Br2NS/c19-12-9-13(20)11-14(10-12)21-15-5-1-3-7-17(15)22-18-8-4-2-6-16(18)21/h1-11H. The van der Waals surface area contributed by atoms with Crippen LogP contribution in [0.4, 0.5) is 17.1 Å². The average Bonchev–Trinajstić information content (AvgIpc) is 2.51. The van der Waals surface area contributed by atoms with Gasteiger partial charge in [-0.05, 0) is 42.5 Å². The zero-order valence-corrected chi connectivity index (χ0v) is 15.5. The van der Waals surface area contributed by atoms with Crippen molar-refractivity contribution in [1.82, 2.24) is 0 Å². The van der Waals surface area contributed by atoms with Gasteiger partial charge in [0.25, 0.3) is 0 Å². The van der Waals surface area contributed by atoms with Gasteiger partial charge in [-0.1, -0.05) is 67.9 Å². The number of hydrogen-bond acceptors (Lipinski definition) is 2. The van der Waals surface area contributed by atoms with Gasteiger partial charge in [0.1, 0.15) is 0 Å². The molecule has 0 radical (unpaired) electrons. The van der Waals surface area contributed by atoms with E-state index in [-0.39, 0.29) is 0 Å². The summed E-state index contributed by atoms with van der Waals surface area (Å²) < 4.78 is 2.12. The fraction of sp³-hybridized carbons (Fsp3) is 0. The van der Waals surface area contributed by atoms with E-state index < -0.39 is 0 Å². The first-order valence-corrected chi connectivity index (χ1v) is 9.25. The van der Waals surface area contributed by atoms with Crippen LogP contribution >= 0.6 is 43.6 Å². The molecule has 0 fully saturated rings. The molecule has 3 aromatic carbocycles. The van der Waals surface area contributed by atoms with Crippen LogP contribution in [0, 0.1) is 0 Å². The fourth-order valence-electron chi connectivity index (χ4n) is 2.65. The van der Waals surface area contributed by atoms with E-state index in [1.54, 1.807) is 0 Å². The molecule has 0 atom stereocenters. The molecule has 22 heavy (non-hydrogen) atoms. The van der Waals surface area contributed by atoms with E-state index in [2.05, 4.69) is 103 Å². The molecule has 0 saturated heterocycles. The Morgan fingerprint density at radius 1 is 0.682 bits per heavy atom. The van der Waals surface area contributed by atoms with Crippen LogP contribution in [0.2, 0.25) is 0 Å². The van der Waals surface area contributed by atoms with E-state index in [9.17, 15) is 0 Å². The Bertz CT molecular complexity index is 797. The number of nitrogens with zero attached hydrogens (tertiary/aromatic N) is 1. The summed E-state index contributed by atoms with van der Waals surface area (Å²) in [6.45, 7) is 0. The molecule has 108 valence electrons. The Balaban J connectivity index is 1.98. The van der Waals surface area contributed by atoms with Crippen LogP contribution in [-0.2, 0) is 0 Å². The third-order valence-electron chi connectivity index (χ3n) is 3.54. The van der Waals surface area contributed by atoms with E-state index in [4.69, 9.17) is 0 Å². The third kappa shape index (κ3) is 2.49. The van der Waals surface area contributed by atoms with Crippen molar-refractivity contribution < 1.29 is 0 Å². The molecule has 1 aliphatic heterocycles. The maximum atomic E-state index is 3.60. The molecule has 0 aromatic heterocycles. The molecule has 0 unspecified atom stereocenters. The molecule has 0 saturated carbocycles. The molecule has 4 rings (SSSR count). The predicted octanol–water partition coefficient (Wildman–Crippen LogP) is 7.15. The zero-order valence-electron chi connectivity index (χ0n) is 11.5.